The molecule has 1 unspecified atom stereocenters. The van der Waals surface area contributed by atoms with E-state index in [-0.39, 0.29) is 11.8 Å². The zero-order chi connectivity index (χ0) is 23.0. The van der Waals surface area contributed by atoms with Crippen LogP contribution in [0, 0.1) is 20.8 Å². The summed E-state index contributed by atoms with van der Waals surface area (Å²) in [5.41, 5.74) is 7.63. The molecule has 1 N–H and O–H groups in total. The van der Waals surface area contributed by atoms with Crippen LogP contribution in [0.5, 0.6) is 0 Å². The maximum atomic E-state index is 12.9. The minimum Gasteiger partial charge on any atom is -0.378 e. The topological polar surface area (TPSA) is 41.6 Å². The number of rotatable bonds is 6. The van der Waals surface area contributed by atoms with Gasteiger partial charge in [-0.3, -0.25) is 4.79 Å². The van der Waals surface area contributed by atoms with Crippen LogP contribution in [0.1, 0.15) is 66.3 Å². The average Bonchev–Trinajstić information content (AvgIpc) is 2.74. The van der Waals surface area contributed by atoms with Crippen molar-refractivity contribution in [3.63, 3.8) is 0 Å². The number of aryl methyl sites for hydroxylation is 3. The first-order valence-corrected chi connectivity index (χ1v) is 11.4. The number of hydrogen-bond donors (Lipinski definition) is 1. The summed E-state index contributed by atoms with van der Waals surface area (Å²) in [6, 6.07) is 10.8. The molecule has 31 heavy (non-hydrogen) atoms. The third-order valence-corrected chi connectivity index (χ3v) is 5.27. The predicted molar refractivity (Wildman–Crippen MR) is 133 cm³/mol. The fraction of sp³-hybridized carbons (Fsp3) is 0.444. The summed E-state index contributed by atoms with van der Waals surface area (Å²) in [5, 5.41) is 3.66. The van der Waals surface area contributed by atoms with Crippen LogP contribution >= 0.6 is 0 Å². The van der Waals surface area contributed by atoms with Gasteiger partial charge in [0.1, 0.15) is 0 Å². The molecular formula is C27H38N2O2. The van der Waals surface area contributed by atoms with E-state index < -0.39 is 0 Å². The Morgan fingerprint density at radius 1 is 1.00 bits per heavy atom. The van der Waals surface area contributed by atoms with Gasteiger partial charge in [-0.15, -0.1) is 0 Å². The minimum atomic E-state index is 0.0533. The Bertz CT molecular complexity index is 891. The van der Waals surface area contributed by atoms with Crippen molar-refractivity contribution >= 4 is 17.2 Å². The van der Waals surface area contributed by atoms with Gasteiger partial charge in [-0.2, -0.15) is 0 Å². The van der Waals surface area contributed by atoms with Crippen molar-refractivity contribution < 1.29 is 9.53 Å². The molecule has 1 atom stereocenters. The second-order valence-corrected chi connectivity index (χ2v) is 7.96. The van der Waals surface area contributed by atoms with Gasteiger partial charge in [0.05, 0.1) is 24.9 Å². The molecule has 0 spiro atoms. The number of allylic oxidation sites excluding steroid dienone is 2. The molecule has 0 bridgehead atoms. The first-order valence-electron chi connectivity index (χ1n) is 11.4. The monoisotopic (exact) mass is 422 g/mol. The molecule has 1 fully saturated rings. The summed E-state index contributed by atoms with van der Waals surface area (Å²) in [4.78, 5) is 15.2. The number of carbonyl (C=O) groups is 1. The number of hydrogen-bond acceptors (Lipinski definition) is 4. The Hall–Kier alpha value is -2.59. The molecule has 168 valence electrons. The highest BCUT2D eigenvalue weighted by Crippen LogP contribution is 2.35. The third kappa shape index (κ3) is 6.44. The maximum Gasteiger partial charge on any atom is 0.187 e. The Morgan fingerprint density at radius 3 is 2.16 bits per heavy atom. The van der Waals surface area contributed by atoms with E-state index in [0.717, 1.165) is 41.2 Å². The van der Waals surface area contributed by atoms with Gasteiger partial charge in [-0.05, 0) is 81.1 Å². The van der Waals surface area contributed by atoms with E-state index in [1.807, 2.05) is 32.9 Å². The van der Waals surface area contributed by atoms with Crippen LogP contribution < -0.4 is 10.2 Å². The smallest absolute Gasteiger partial charge is 0.187 e. The van der Waals surface area contributed by atoms with E-state index in [4.69, 9.17) is 4.74 Å². The Kier molecular flexibility index (Phi) is 9.32. The van der Waals surface area contributed by atoms with Gasteiger partial charge in [-0.25, -0.2) is 0 Å². The molecular weight excluding hydrogens is 384 g/mol. The van der Waals surface area contributed by atoms with Crippen molar-refractivity contribution in [2.24, 2.45) is 0 Å². The summed E-state index contributed by atoms with van der Waals surface area (Å²) in [7, 11) is 0. The molecule has 4 heteroatoms. The van der Waals surface area contributed by atoms with E-state index in [9.17, 15) is 4.79 Å². The molecule has 1 aliphatic heterocycles. The van der Waals surface area contributed by atoms with E-state index in [1.54, 1.807) is 6.08 Å². The second-order valence-electron chi connectivity index (χ2n) is 7.96. The lowest BCUT2D eigenvalue weighted by molar-refractivity contribution is 0.104. The van der Waals surface area contributed by atoms with Crippen LogP contribution in [0.15, 0.2) is 42.5 Å². The van der Waals surface area contributed by atoms with Crippen LogP contribution in [-0.2, 0) is 4.74 Å². The number of anilines is 2. The van der Waals surface area contributed by atoms with E-state index in [1.165, 1.54) is 11.1 Å². The maximum absolute atomic E-state index is 12.9. The van der Waals surface area contributed by atoms with Gasteiger partial charge in [-0.1, -0.05) is 32.1 Å². The van der Waals surface area contributed by atoms with Crippen molar-refractivity contribution in [1.29, 1.82) is 0 Å². The molecule has 0 aromatic heterocycles. The third-order valence-electron chi connectivity index (χ3n) is 5.27. The fourth-order valence-electron chi connectivity index (χ4n) is 4.09. The van der Waals surface area contributed by atoms with Gasteiger partial charge in [0.2, 0.25) is 0 Å². The van der Waals surface area contributed by atoms with Gasteiger partial charge < -0.3 is 15.0 Å². The molecule has 0 amide bonds. The lowest BCUT2D eigenvalue weighted by Gasteiger charge is -2.34. The van der Waals surface area contributed by atoms with Crippen LogP contribution in [0.25, 0.3) is 0 Å². The molecule has 0 aliphatic carbocycles. The van der Waals surface area contributed by atoms with E-state index in [0.29, 0.717) is 13.2 Å². The van der Waals surface area contributed by atoms with Crippen molar-refractivity contribution in [2.75, 3.05) is 36.5 Å². The van der Waals surface area contributed by atoms with Crippen molar-refractivity contribution in [3.8, 4) is 0 Å². The highest BCUT2D eigenvalue weighted by atomic mass is 16.5. The molecule has 2 aromatic rings. The zero-order valence-electron chi connectivity index (χ0n) is 20.2. The highest BCUT2D eigenvalue weighted by Gasteiger charge is 2.24. The molecule has 1 saturated heterocycles. The quantitative estimate of drug-likeness (QED) is 0.432. The molecule has 0 saturated carbocycles. The molecule has 4 nitrogen and oxygen atoms in total. The first-order chi connectivity index (χ1) is 14.9. The van der Waals surface area contributed by atoms with Gasteiger partial charge in [0.15, 0.2) is 5.78 Å². The second kappa shape index (κ2) is 11.7. The molecule has 1 aliphatic rings. The summed E-state index contributed by atoms with van der Waals surface area (Å²) < 4.78 is 5.56. The van der Waals surface area contributed by atoms with Gasteiger partial charge >= 0.3 is 0 Å². The van der Waals surface area contributed by atoms with E-state index >= 15 is 0 Å². The SMILES string of the molecule is C/C=C\C(=O)c1cc(C)cc(C(C)Nc2cc(C)cc(C)c2)c1N1CCOCC1.CC. The summed E-state index contributed by atoms with van der Waals surface area (Å²) >= 11 is 0. The number of ketones is 1. The van der Waals surface area contributed by atoms with Crippen LogP contribution in [-0.4, -0.2) is 32.1 Å². The summed E-state index contributed by atoms with van der Waals surface area (Å²) in [6.07, 6.45) is 3.47. The number of morpholine rings is 1. The summed E-state index contributed by atoms with van der Waals surface area (Å²) in [5.74, 6) is 0.0533. The highest BCUT2D eigenvalue weighted by molar-refractivity contribution is 6.09. The van der Waals surface area contributed by atoms with Gasteiger partial charge in [0, 0.05) is 24.3 Å². The standard InChI is InChI=1S/C25H32N2O2.C2H6/c1-6-7-24(28)23-16-19(4)15-22(25(23)27-8-10-29-11-9-27)20(5)26-21-13-17(2)12-18(3)14-21;1-2/h6-7,12-16,20,26H,8-11H2,1-5H3;1-2H3/b7-6-;. The fourth-order valence-corrected chi connectivity index (χ4v) is 4.09. The molecule has 2 aromatic carbocycles. The lowest BCUT2D eigenvalue weighted by Crippen LogP contribution is -2.38. The Balaban J connectivity index is 0.00000166. The predicted octanol–water partition coefficient (Wildman–Crippen LogP) is 6.41. The molecule has 0 radical (unpaired) electrons. The van der Waals surface area contributed by atoms with Crippen LogP contribution in [0.2, 0.25) is 0 Å². The number of nitrogens with zero attached hydrogens (tertiary/aromatic N) is 1. The normalized spacial score (nSPS) is 14.7. The van der Waals surface area contributed by atoms with Crippen molar-refractivity contribution in [1.82, 2.24) is 0 Å². The van der Waals surface area contributed by atoms with Crippen LogP contribution in [0.3, 0.4) is 0 Å². The molecule has 3 rings (SSSR count). The largest absolute Gasteiger partial charge is 0.378 e. The van der Waals surface area contributed by atoms with Crippen molar-refractivity contribution in [3.05, 3.63) is 70.3 Å². The van der Waals surface area contributed by atoms with Crippen LogP contribution in [0.4, 0.5) is 11.4 Å². The Labute approximate surface area is 188 Å². The van der Waals surface area contributed by atoms with Gasteiger partial charge in [0.25, 0.3) is 0 Å². The van der Waals surface area contributed by atoms with E-state index in [2.05, 4.69) is 62.2 Å². The minimum absolute atomic E-state index is 0.0533. The van der Waals surface area contributed by atoms with Crippen molar-refractivity contribution in [2.45, 2.75) is 54.5 Å². The number of carbonyl (C=O) groups excluding carboxylic acids is 1. The molecule has 1 heterocycles. The average molecular weight is 423 g/mol. The number of ether oxygens (including phenoxy) is 1. The lowest BCUT2D eigenvalue weighted by atomic mass is 9.94. The first kappa shape index (κ1) is 24.7. The number of nitrogens with one attached hydrogen (secondary N) is 1. The number of benzene rings is 2. The Morgan fingerprint density at radius 2 is 1.58 bits per heavy atom. The summed E-state index contributed by atoms with van der Waals surface area (Å²) in [6.45, 7) is 17.3. The zero-order valence-corrected chi connectivity index (χ0v) is 20.2.